The Hall–Kier alpha value is -0.910. The zero-order valence-corrected chi connectivity index (χ0v) is 12.4. The Balaban J connectivity index is 2.96. The van der Waals surface area contributed by atoms with Crippen molar-refractivity contribution in [1.29, 1.82) is 0 Å². The minimum absolute atomic E-state index is 0.366. The van der Waals surface area contributed by atoms with E-state index in [2.05, 4.69) is 18.5 Å². The van der Waals surface area contributed by atoms with Gasteiger partial charge in [0, 0.05) is 11.3 Å². The molecule has 0 spiro atoms. The van der Waals surface area contributed by atoms with Crippen LogP contribution in [0.2, 0.25) is 0 Å². The molecule has 1 fully saturated rings. The maximum Gasteiger partial charge on any atom is 0.233 e. The summed E-state index contributed by atoms with van der Waals surface area (Å²) >= 11 is 6.22. The van der Waals surface area contributed by atoms with Crippen LogP contribution in [0.5, 0.6) is 0 Å². The standard InChI is InChI=1S/C14H22ClFN2O2/c1-4-18-14(19)12(9(3)20-17)8(2)13-10(15)6-5-7-11(13)16/h4,9-13H,1-2,5-7,17H2,3H3,(H,18,19)/t9-,10?,11?,12?,13?/m0/s1. The third-order valence-electron chi connectivity index (χ3n) is 3.78. The van der Waals surface area contributed by atoms with Crippen molar-refractivity contribution >= 4 is 17.5 Å². The number of carbonyl (C=O) groups is 1. The topological polar surface area (TPSA) is 64.3 Å². The van der Waals surface area contributed by atoms with Crippen molar-refractivity contribution in [2.45, 2.75) is 43.8 Å². The lowest BCUT2D eigenvalue weighted by Gasteiger charge is -2.36. The fourth-order valence-electron chi connectivity index (χ4n) is 2.72. The van der Waals surface area contributed by atoms with Crippen molar-refractivity contribution in [3.05, 3.63) is 24.9 Å². The van der Waals surface area contributed by atoms with Gasteiger partial charge in [0.2, 0.25) is 5.91 Å². The van der Waals surface area contributed by atoms with Gasteiger partial charge >= 0.3 is 0 Å². The van der Waals surface area contributed by atoms with E-state index in [9.17, 15) is 9.18 Å². The lowest BCUT2D eigenvalue weighted by atomic mass is 9.76. The van der Waals surface area contributed by atoms with Crippen LogP contribution in [0.3, 0.4) is 0 Å². The predicted octanol–water partition coefficient (Wildman–Crippen LogP) is 2.44. The first kappa shape index (κ1) is 17.1. The lowest BCUT2D eigenvalue weighted by Crippen LogP contribution is -2.43. The maximum absolute atomic E-state index is 14.2. The molecule has 5 atom stereocenters. The monoisotopic (exact) mass is 304 g/mol. The van der Waals surface area contributed by atoms with Crippen LogP contribution >= 0.6 is 11.6 Å². The van der Waals surface area contributed by atoms with Gasteiger partial charge in [0.15, 0.2) is 0 Å². The molecular weight excluding hydrogens is 283 g/mol. The number of rotatable bonds is 6. The number of nitrogens with two attached hydrogens (primary N) is 1. The largest absolute Gasteiger partial charge is 0.333 e. The number of alkyl halides is 2. The van der Waals surface area contributed by atoms with Gasteiger partial charge in [-0.15, -0.1) is 11.6 Å². The summed E-state index contributed by atoms with van der Waals surface area (Å²) in [6.45, 7) is 8.97. The van der Waals surface area contributed by atoms with Gasteiger partial charge in [0.05, 0.1) is 12.0 Å². The Labute approximate surface area is 124 Å². The zero-order valence-electron chi connectivity index (χ0n) is 11.6. The molecule has 1 saturated carbocycles. The molecule has 0 aromatic rings. The highest BCUT2D eigenvalue weighted by Gasteiger charge is 2.40. The highest BCUT2D eigenvalue weighted by atomic mass is 35.5. The summed E-state index contributed by atoms with van der Waals surface area (Å²) in [5.41, 5.74) is 0.425. The molecule has 1 aliphatic carbocycles. The number of halogens is 2. The van der Waals surface area contributed by atoms with Crippen LogP contribution < -0.4 is 11.2 Å². The van der Waals surface area contributed by atoms with Gasteiger partial charge in [-0.05, 0) is 32.4 Å². The van der Waals surface area contributed by atoms with Crippen LogP contribution in [0.25, 0.3) is 0 Å². The normalized spacial score (nSPS) is 29.3. The summed E-state index contributed by atoms with van der Waals surface area (Å²) in [4.78, 5) is 16.8. The van der Waals surface area contributed by atoms with Gasteiger partial charge < -0.3 is 10.2 Å². The molecule has 0 heterocycles. The molecule has 114 valence electrons. The molecule has 0 radical (unpaired) electrons. The van der Waals surface area contributed by atoms with Gasteiger partial charge in [-0.1, -0.05) is 18.7 Å². The molecule has 20 heavy (non-hydrogen) atoms. The van der Waals surface area contributed by atoms with Gasteiger partial charge in [-0.3, -0.25) is 4.79 Å². The lowest BCUT2D eigenvalue weighted by molar-refractivity contribution is -0.127. The second kappa shape index (κ2) is 7.76. The van der Waals surface area contributed by atoms with E-state index < -0.39 is 24.1 Å². The van der Waals surface area contributed by atoms with Crippen LogP contribution in [-0.2, 0) is 9.63 Å². The Morgan fingerprint density at radius 1 is 1.60 bits per heavy atom. The Bertz CT molecular complexity index is 368. The molecule has 0 aromatic carbocycles. The average molecular weight is 305 g/mol. The number of nitrogens with one attached hydrogen (secondary N) is 1. The smallest absolute Gasteiger partial charge is 0.233 e. The van der Waals surface area contributed by atoms with Crippen LogP contribution in [0, 0.1) is 11.8 Å². The van der Waals surface area contributed by atoms with Gasteiger partial charge in [0.1, 0.15) is 6.17 Å². The third kappa shape index (κ3) is 3.81. The Kier molecular flexibility index (Phi) is 6.65. The van der Waals surface area contributed by atoms with Crippen LogP contribution in [0.1, 0.15) is 26.2 Å². The van der Waals surface area contributed by atoms with E-state index in [0.29, 0.717) is 18.4 Å². The van der Waals surface area contributed by atoms with Gasteiger partial charge in [-0.25, -0.2) is 10.3 Å². The van der Waals surface area contributed by atoms with E-state index in [-0.39, 0.29) is 11.3 Å². The molecule has 1 amide bonds. The highest BCUT2D eigenvalue weighted by molar-refractivity contribution is 6.21. The average Bonchev–Trinajstić information content (AvgIpc) is 2.38. The quantitative estimate of drug-likeness (QED) is 0.450. The van der Waals surface area contributed by atoms with Crippen LogP contribution in [0.4, 0.5) is 4.39 Å². The van der Waals surface area contributed by atoms with Crippen LogP contribution in [0.15, 0.2) is 24.9 Å². The van der Waals surface area contributed by atoms with Crippen molar-refractivity contribution in [3.8, 4) is 0 Å². The first-order valence-electron chi connectivity index (χ1n) is 6.67. The molecule has 0 bridgehead atoms. The second-order valence-electron chi connectivity index (χ2n) is 5.10. The molecule has 4 unspecified atom stereocenters. The fraction of sp³-hybridized carbons (Fsp3) is 0.643. The van der Waals surface area contributed by atoms with Gasteiger partial charge in [0.25, 0.3) is 0 Å². The predicted molar refractivity (Wildman–Crippen MR) is 77.6 cm³/mol. The molecular formula is C14H22ClFN2O2. The summed E-state index contributed by atoms with van der Waals surface area (Å²) in [6, 6.07) is 0. The SMILES string of the molecule is C=CNC(=O)C(C(=C)C1C(F)CCCC1Cl)[C@H](C)ON. The Morgan fingerprint density at radius 2 is 2.25 bits per heavy atom. The Morgan fingerprint density at radius 3 is 2.75 bits per heavy atom. The first-order chi connectivity index (χ1) is 9.43. The van der Waals surface area contributed by atoms with Crippen molar-refractivity contribution in [2.75, 3.05) is 0 Å². The van der Waals surface area contributed by atoms with Crippen LogP contribution in [-0.4, -0.2) is 23.6 Å². The minimum atomic E-state index is -1.09. The van der Waals surface area contributed by atoms with E-state index in [1.165, 1.54) is 6.20 Å². The van der Waals surface area contributed by atoms with E-state index in [1.54, 1.807) is 6.92 Å². The summed E-state index contributed by atoms with van der Waals surface area (Å²) in [7, 11) is 0. The van der Waals surface area contributed by atoms with Crippen molar-refractivity contribution in [2.24, 2.45) is 17.7 Å². The number of hydrogen-bond acceptors (Lipinski definition) is 3. The number of hydrogen-bond donors (Lipinski definition) is 2. The van der Waals surface area contributed by atoms with E-state index in [1.807, 2.05) is 0 Å². The number of carbonyl (C=O) groups excluding carboxylic acids is 1. The van der Waals surface area contributed by atoms with Crippen molar-refractivity contribution in [1.82, 2.24) is 5.32 Å². The summed E-state index contributed by atoms with van der Waals surface area (Å²) < 4.78 is 14.2. The van der Waals surface area contributed by atoms with E-state index in [0.717, 1.165) is 6.42 Å². The van der Waals surface area contributed by atoms with E-state index >= 15 is 0 Å². The summed E-state index contributed by atoms with van der Waals surface area (Å²) in [5.74, 6) is 3.47. The third-order valence-corrected chi connectivity index (χ3v) is 4.27. The molecule has 0 aliphatic heterocycles. The fourth-order valence-corrected chi connectivity index (χ4v) is 3.19. The molecule has 1 aliphatic rings. The maximum atomic E-state index is 14.2. The highest BCUT2D eigenvalue weighted by Crippen LogP contribution is 2.39. The minimum Gasteiger partial charge on any atom is -0.333 e. The molecule has 4 nitrogen and oxygen atoms in total. The first-order valence-corrected chi connectivity index (χ1v) is 7.11. The molecule has 6 heteroatoms. The second-order valence-corrected chi connectivity index (χ2v) is 5.66. The summed E-state index contributed by atoms with van der Waals surface area (Å²) in [6.07, 6.45) is 1.42. The number of amides is 1. The van der Waals surface area contributed by atoms with Gasteiger partial charge in [-0.2, -0.15) is 0 Å². The zero-order chi connectivity index (χ0) is 15.3. The van der Waals surface area contributed by atoms with Crippen molar-refractivity contribution < 1.29 is 14.0 Å². The van der Waals surface area contributed by atoms with Crippen molar-refractivity contribution in [3.63, 3.8) is 0 Å². The summed E-state index contributed by atoms with van der Waals surface area (Å²) in [5, 5.41) is 2.11. The molecule has 0 saturated heterocycles. The molecule has 0 aromatic heterocycles. The molecule has 1 rings (SSSR count). The molecule has 3 N–H and O–H groups in total. The van der Waals surface area contributed by atoms with E-state index in [4.69, 9.17) is 22.3 Å².